The van der Waals surface area contributed by atoms with E-state index in [9.17, 15) is 13.8 Å². The second-order valence-corrected chi connectivity index (χ2v) is 6.33. The van der Waals surface area contributed by atoms with Crippen molar-refractivity contribution in [1.29, 1.82) is 0 Å². The highest BCUT2D eigenvalue weighted by molar-refractivity contribution is 7.87. The van der Waals surface area contributed by atoms with Gasteiger partial charge in [-0.2, -0.15) is 0 Å². The van der Waals surface area contributed by atoms with E-state index < -0.39 is 33.2 Å². The molecule has 0 heterocycles. The predicted octanol–water partition coefficient (Wildman–Crippen LogP) is 1.54. The van der Waals surface area contributed by atoms with E-state index in [0.29, 0.717) is 5.69 Å². The highest BCUT2D eigenvalue weighted by Crippen LogP contribution is 2.15. The highest BCUT2D eigenvalue weighted by atomic mass is 32.2. The van der Waals surface area contributed by atoms with Crippen LogP contribution in [0.2, 0.25) is 0 Å². The van der Waals surface area contributed by atoms with Crippen molar-refractivity contribution in [2.45, 2.75) is 31.3 Å². The normalized spacial score (nSPS) is 15.3. The summed E-state index contributed by atoms with van der Waals surface area (Å²) in [6.45, 7) is 4.64. The van der Waals surface area contributed by atoms with E-state index in [-0.39, 0.29) is 0 Å². The van der Waals surface area contributed by atoms with Gasteiger partial charge in [0.05, 0.1) is 0 Å². The first-order valence-corrected chi connectivity index (χ1v) is 7.11. The van der Waals surface area contributed by atoms with Crippen LogP contribution in [0.5, 0.6) is 0 Å². The number of para-hydroxylation sites is 1. The van der Waals surface area contributed by atoms with E-state index in [1.807, 2.05) is 19.1 Å². The lowest BCUT2D eigenvalue weighted by molar-refractivity contribution is -0.136. The number of hydrogen-bond donors (Lipinski definition) is 2. The van der Waals surface area contributed by atoms with Crippen LogP contribution in [-0.4, -0.2) is 31.7 Å². The molecule has 0 saturated heterocycles. The van der Waals surface area contributed by atoms with E-state index >= 15 is 0 Å². The van der Waals surface area contributed by atoms with Crippen molar-refractivity contribution in [3.8, 4) is 0 Å². The number of nitrogens with one attached hydrogen (secondary N) is 1. The summed E-state index contributed by atoms with van der Waals surface area (Å²) >= 11 is 0. The van der Waals surface area contributed by atoms with Crippen molar-refractivity contribution in [2.75, 3.05) is 5.32 Å². The lowest BCUT2D eigenvalue weighted by Crippen LogP contribution is -2.36. The molecule has 0 spiro atoms. The minimum absolute atomic E-state index is 0.444. The van der Waals surface area contributed by atoms with E-state index in [1.54, 1.807) is 12.1 Å². The number of aliphatic carboxylic acids is 1. The fraction of sp³-hybridized carbons (Fsp3) is 0.385. The number of hydrogen-bond acceptors (Lipinski definition) is 3. The summed E-state index contributed by atoms with van der Waals surface area (Å²) in [5.74, 6) is -1.62. The predicted molar refractivity (Wildman–Crippen MR) is 74.5 cm³/mol. The Balaban J connectivity index is 2.76. The third kappa shape index (κ3) is 3.89. The van der Waals surface area contributed by atoms with Crippen LogP contribution in [0.25, 0.3) is 0 Å². The van der Waals surface area contributed by atoms with E-state index in [4.69, 9.17) is 5.11 Å². The quantitative estimate of drug-likeness (QED) is 0.858. The van der Waals surface area contributed by atoms with E-state index in [0.717, 1.165) is 5.56 Å². The molecule has 104 valence electrons. The molecule has 6 heteroatoms. The van der Waals surface area contributed by atoms with Crippen LogP contribution in [0.3, 0.4) is 0 Å². The maximum absolute atomic E-state index is 11.9. The lowest BCUT2D eigenvalue weighted by atomic mass is 10.2. The van der Waals surface area contributed by atoms with Crippen molar-refractivity contribution >= 4 is 28.4 Å². The summed E-state index contributed by atoms with van der Waals surface area (Å²) in [7, 11) is -1.76. The number of benzene rings is 1. The van der Waals surface area contributed by atoms with Gasteiger partial charge in [0, 0.05) is 16.5 Å². The molecular formula is C13H17NO4S. The van der Waals surface area contributed by atoms with Gasteiger partial charge in [0.15, 0.2) is 0 Å². The number of aryl methyl sites for hydroxylation is 1. The van der Waals surface area contributed by atoms with Gasteiger partial charge >= 0.3 is 5.97 Å². The smallest absolute Gasteiger partial charge is 0.319 e. The van der Waals surface area contributed by atoms with Crippen LogP contribution >= 0.6 is 0 Å². The molecule has 0 saturated carbocycles. The molecule has 0 aliphatic carbocycles. The fourth-order valence-electron chi connectivity index (χ4n) is 1.46. The molecule has 3 unspecified atom stereocenters. The molecule has 1 aromatic carbocycles. The van der Waals surface area contributed by atoms with Gasteiger partial charge < -0.3 is 10.4 Å². The Morgan fingerprint density at radius 1 is 1.21 bits per heavy atom. The van der Waals surface area contributed by atoms with Crippen molar-refractivity contribution < 1.29 is 18.9 Å². The van der Waals surface area contributed by atoms with Gasteiger partial charge in [-0.1, -0.05) is 18.2 Å². The number of anilines is 1. The first-order chi connectivity index (χ1) is 8.84. The summed E-state index contributed by atoms with van der Waals surface area (Å²) in [6, 6.07) is 7.21. The molecule has 0 aliphatic rings. The molecule has 0 aliphatic heterocycles. The van der Waals surface area contributed by atoms with Gasteiger partial charge in [0.25, 0.3) is 0 Å². The number of carbonyl (C=O) groups excluding carboxylic acids is 1. The van der Waals surface area contributed by atoms with Crippen LogP contribution in [0.15, 0.2) is 24.3 Å². The Labute approximate surface area is 114 Å². The zero-order valence-electron chi connectivity index (χ0n) is 11.0. The van der Waals surface area contributed by atoms with Crippen LogP contribution in [0.4, 0.5) is 5.69 Å². The number of carbonyl (C=O) groups is 2. The summed E-state index contributed by atoms with van der Waals surface area (Å²) in [5.41, 5.74) is 1.53. The maximum Gasteiger partial charge on any atom is 0.319 e. The molecule has 0 radical (unpaired) electrons. The molecule has 1 rings (SSSR count). The Bertz CT molecular complexity index is 515. The largest absolute Gasteiger partial charge is 0.480 e. The SMILES string of the molecule is Cc1ccccc1NC(=O)C(C)S(=O)C(C)C(=O)O. The van der Waals surface area contributed by atoms with Gasteiger partial charge in [0.2, 0.25) is 5.91 Å². The average Bonchev–Trinajstić information content (AvgIpc) is 2.38. The van der Waals surface area contributed by atoms with Crippen molar-refractivity contribution in [3.63, 3.8) is 0 Å². The lowest BCUT2D eigenvalue weighted by Gasteiger charge is -2.15. The van der Waals surface area contributed by atoms with Gasteiger partial charge in [0.1, 0.15) is 10.5 Å². The molecule has 1 amide bonds. The summed E-state index contributed by atoms with van der Waals surface area (Å²) in [5, 5.41) is 9.50. The van der Waals surface area contributed by atoms with Gasteiger partial charge in [-0.15, -0.1) is 0 Å². The first-order valence-electron chi connectivity index (χ1n) is 5.83. The van der Waals surface area contributed by atoms with Crippen molar-refractivity contribution in [3.05, 3.63) is 29.8 Å². The molecule has 0 bridgehead atoms. The number of carboxylic acids is 1. The monoisotopic (exact) mass is 283 g/mol. The van der Waals surface area contributed by atoms with E-state index in [2.05, 4.69) is 5.32 Å². The van der Waals surface area contributed by atoms with Crippen LogP contribution in [0, 0.1) is 6.92 Å². The maximum atomic E-state index is 11.9. The summed E-state index contributed by atoms with van der Waals surface area (Å²) < 4.78 is 11.9. The Hall–Kier alpha value is -1.69. The Kier molecular flexibility index (Phi) is 5.23. The Morgan fingerprint density at radius 3 is 2.32 bits per heavy atom. The minimum Gasteiger partial charge on any atom is -0.480 e. The highest BCUT2D eigenvalue weighted by Gasteiger charge is 2.28. The molecule has 19 heavy (non-hydrogen) atoms. The third-order valence-electron chi connectivity index (χ3n) is 2.82. The topological polar surface area (TPSA) is 83.5 Å². The zero-order valence-corrected chi connectivity index (χ0v) is 11.9. The van der Waals surface area contributed by atoms with Gasteiger partial charge in [-0.25, -0.2) is 0 Å². The molecule has 5 nitrogen and oxygen atoms in total. The standard InChI is InChI=1S/C13H17NO4S/c1-8-6-4-5-7-11(8)14-12(15)9(2)19(18)10(3)13(16)17/h4-7,9-10H,1-3H3,(H,14,15)(H,16,17). The second kappa shape index (κ2) is 6.47. The van der Waals surface area contributed by atoms with Gasteiger partial charge in [-0.3, -0.25) is 13.8 Å². The summed E-state index contributed by atoms with van der Waals surface area (Å²) in [4.78, 5) is 22.7. The molecule has 2 N–H and O–H groups in total. The number of amides is 1. The summed E-state index contributed by atoms with van der Waals surface area (Å²) in [6.07, 6.45) is 0. The molecule has 1 aromatic rings. The molecular weight excluding hydrogens is 266 g/mol. The van der Waals surface area contributed by atoms with Crippen molar-refractivity contribution in [1.82, 2.24) is 0 Å². The van der Waals surface area contributed by atoms with Crippen molar-refractivity contribution in [2.24, 2.45) is 0 Å². The van der Waals surface area contributed by atoms with Crippen LogP contribution in [-0.2, 0) is 20.4 Å². The molecule has 0 fully saturated rings. The second-order valence-electron chi connectivity index (χ2n) is 4.26. The molecule has 3 atom stereocenters. The van der Waals surface area contributed by atoms with Crippen LogP contribution in [0.1, 0.15) is 19.4 Å². The molecule has 0 aromatic heterocycles. The minimum atomic E-state index is -1.76. The third-order valence-corrected chi connectivity index (χ3v) is 4.63. The first kappa shape index (κ1) is 15.4. The van der Waals surface area contributed by atoms with E-state index in [1.165, 1.54) is 13.8 Å². The number of carboxylic acid groups (broad SMARTS) is 1. The number of rotatable bonds is 5. The fourth-order valence-corrected chi connectivity index (χ4v) is 2.54. The zero-order chi connectivity index (χ0) is 14.6. The van der Waals surface area contributed by atoms with Crippen LogP contribution < -0.4 is 5.32 Å². The Morgan fingerprint density at radius 2 is 1.79 bits per heavy atom. The van der Waals surface area contributed by atoms with Gasteiger partial charge in [-0.05, 0) is 32.4 Å². The average molecular weight is 283 g/mol.